The van der Waals surface area contributed by atoms with E-state index in [-0.39, 0.29) is 41.3 Å². The summed E-state index contributed by atoms with van der Waals surface area (Å²) < 4.78 is 45.3. The van der Waals surface area contributed by atoms with Gasteiger partial charge in [-0.1, -0.05) is 6.07 Å². The largest absolute Gasteiger partial charge is 0.453 e. The third-order valence-corrected chi connectivity index (χ3v) is 10.0. The van der Waals surface area contributed by atoms with Gasteiger partial charge in [-0.2, -0.15) is 5.26 Å². The molecule has 0 unspecified atom stereocenters. The molecule has 3 aliphatic rings. The van der Waals surface area contributed by atoms with Crippen LogP contribution < -0.4 is 20.8 Å². The number of hydrogen-bond acceptors (Lipinski definition) is 7. The molecular formula is C26H26FN5O4S. The van der Waals surface area contributed by atoms with Gasteiger partial charge in [-0.05, 0) is 86.9 Å². The van der Waals surface area contributed by atoms with Crippen LogP contribution in [0.25, 0.3) is 10.9 Å². The molecule has 1 aliphatic heterocycles. The second-order valence-corrected chi connectivity index (χ2v) is 12.4. The molecule has 0 bridgehead atoms. The molecule has 11 heteroatoms. The van der Waals surface area contributed by atoms with E-state index in [9.17, 15) is 22.9 Å². The number of aromatic nitrogens is 2. The first-order valence-corrected chi connectivity index (χ1v) is 13.9. The van der Waals surface area contributed by atoms with Gasteiger partial charge >= 0.3 is 0 Å². The van der Waals surface area contributed by atoms with Crippen molar-refractivity contribution in [2.24, 2.45) is 10.6 Å². The van der Waals surface area contributed by atoms with Crippen molar-refractivity contribution < 1.29 is 17.5 Å². The van der Waals surface area contributed by atoms with Crippen LogP contribution in [0.5, 0.6) is 11.5 Å². The highest BCUT2D eigenvalue weighted by Crippen LogP contribution is 2.54. The number of benzene rings is 2. The van der Waals surface area contributed by atoms with Crippen molar-refractivity contribution in [1.29, 1.82) is 5.26 Å². The maximum Gasteiger partial charge on any atom is 0.261 e. The van der Waals surface area contributed by atoms with Gasteiger partial charge in [0, 0.05) is 6.04 Å². The molecular weight excluding hydrogens is 497 g/mol. The lowest BCUT2D eigenvalue weighted by Crippen LogP contribution is -2.47. The first-order valence-electron chi connectivity index (χ1n) is 12.3. The van der Waals surface area contributed by atoms with E-state index < -0.39 is 26.3 Å². The summed E-state index contributed by atoms with van der Waals surface area (Å²) in [5.41, 5.74) is 0.463. The van der Waals surface area contributed by atoms with E-state index in [1.807, 2.05) is 6.07 Å². The zero-order valence-corrected chi connectivity index (χ0v) is 20.9. The predicted molar refractivity (Wildman–Crippen MR) is 134 cm³/mol. The quantitative estimate of drug-likeness (QED) is 0.523. The second-order valence-electron chi connectivity index (χ2n) is 10.5. The molecule has 9 nitrogen and oxygen atoms in total. The lowest BCUT2D eigenvalue weighted by Gasteiger charge is -2.50. The third-order valence-electron chi connectivity index (χ3n) is 8.33. The fourth-order valence-corrected chi connectivity index (χ4v) is 7.17. The molecule has 2 saturated carbocycles. The van der Waals surface area contributed by atoms with Gasteiger partial charge in [0.25, 0.3) is 5.56 Å². The Labute approximate surface area is 213 Å². The molecule has 3 aromatic rings. The molecule has 0 atom stereocenters. The average molecular weight is 524 g/mol. The standard InChI is InChI=1S/C26H26FN5O4S/c27-21-3-2-20(26(5-6-26)37(29,34)35)19(14-28)23(21)36-17-1-4-22-18(11-17)24(33)32(15-31-22)16-12-25(13-16)7-9-30-10-8-25/h1-4,11,15-16,30H,5-10,12-13H2,(H2,29,34,35). The minimum Gasteiger partial charge on any atom is -0.453 e. The topological polar surface area (TPSA) is 140 Å². The summed E-state index contributed by atoms with van der Waals surface area (Å²) in [7, 11) is -4.02. The molecule has 2 aliphatic carbocycles. The normalized spacial score (nSPS) is 20.4. The molecule has 3 N–H and O–H groups in total. The summed E-state index contributed by atoms with van der Waals surface area (Å²) in [6.45, 7) is 2.00. The van der Waals surface area contributed by atoms with Crippen LogP contribution in [0.1, 0.15) is 55.7 Å². The van der Waals surface area contributed by atoms with Gasteiger partial charge in [0.05, 0.1) is 17.2 Å². The van der Waals surface area contributed by atoms with Gasteiger partial charge in [0.1, 0.15) is 22.1 Å². The van der Waals surface area contributed by atoms with Crippen LogP contribution in [0.15, 0.2) is 41.5 Å². The number of rotatable bonds is 5. The number of nitrogens with two attached hydrogens (primary N) is 1. The number of nitrogens with one attached hydrogen (secondary N) is 1. The Hall–Kier alpha value is -3.33. The number of halogens is 1. The van der Waals surface area contributed by atoms with Crippen molar-refractivity contribution in [3.63, 3.8) is 0 Å². The molecule has 0 amide bonds. The molecule has 192 valence electrons. The van der Waals surface area contributed by atoms with E-state index in [1.165, 1.54) is 18.2 Å². The molecule has 6 rings (SSSR count). The summed E-state index contributed by atoms with van der Waals surface area (Å²) in [4.78, 5) is 17.8. The van der Waals surface area contributed by atoms with Crippen LogP contribution >= 0.6 is 0 Å². The number of nitrogens with zero attached hydrogens (tertiary/aromatic N) is 3. The van der Waals surface area contributed by atoms with Gasteiger partial charge in [0.2, 0.25) is 10.0 Å². The summed E-state index contributed by atoms with van der Waals surface area (Å²) >= 11 is 0. The average Bonchev–Trinajstić information content (AvgIpc) is 3.67. The molecule has 2 heterocycles. The molecule has 2 aromatic carbocycles. The second kappa shape index (κ2) is 8.34. The molecule has 0 radical (unpaired) electrons. The minimum atomic E-state index is -4.02. The highest BCUT2D eigenvalue weighted by atomic mass is 32.2. The zero-order chi connectivity index (χ0) is 26.0. The Balaban J connectivity index is 1.34. The van der Waals surface area contributed by atoms with Crippen molar-refractivity contribution in [2.45, 2.75) is 49.3 Å². The first-order chi connectivity index (χ1) is 17.7. The van der Waals surface area contributed by atoms with E-state index in [4.69, 9.17) is 9.88 Å². The van der Waals surface area contributed by atoms with Gasteiger partial charge in [-0.25, -0.2) is 22.9 Å². The van der Waals surface area contributed by atoms with Gasteiger partial charge < -0.3 is 10.1 Å². The van der Waals surface area contributed by atoms with E-state index in [0.29, 0.717) is 16.3 Å². The maximum absolute atomic E-state index is 14.9. The number of sulfonamides is 1. The summed E-state index contributed by atoms with van der Waals surface area (Å²) in [5.74, 6) is -1.08. The van der Waals surface area contributed by atoms with Crippen LogP contribution in [-0.2, 0) is 14.8 Å². The monoisotopic (exact) mass is 523 g/mol. The Morgan fingerprint density at radius 1 is 1.16 bits per heavy atom. The van der Waals surface area contributed by atoms with E-state index in [2.05, 4.69) is 10.3 Å². The molecule has 1 saturated heterocycles. The lowest BCUT2D eigenvalue weighted by atomic mass is 9.60. The van der Waals surface area contributed by atoms with E-state index in [1.54, 1.807) is 17.0 Å². The number of hydrogen-bond donors (Lipinski definition) is 2. The highest BCUT2D eigenvalue weighted by molar-refractivity contribution is 7.90. The predicted octanol–water partition coefficient (Wildman–Crippen LogP) is 3.18. The Morgan fingerprint density at radius 2 is 1.89 bits per heavy atom. The summed E-state index contributed by atoms with van der Waals surface area (Å²) in [6, 6.07) is 8.94. The first kappa shape index (κ1) is 24.0. The van der Waals surface area contributed by atoms with Crippen LogP contribution in [0, 0.1) is 22.6 Å². The maximum atomic E-state index is 14.9. The van der Waals surface area contributed by atoms with Gasteiger partial charge in [-0.3, -0.25) is 9.36 Å². The number of piperidine rings is 1. The van der Waals surface area contributed by atoms with Crippen LogP contribution in [-0.4, -0.2) is 31.1 Å². The van der Waals surface area contributed by atoms with Crippen molar-refractivity contribution in [3.8, 4) is 17.6 Å². The SMILES string of the molecule is N#Cc1c(C2(S(N)(=O)=O)CC2)ccc(F)c1Oc1ccc2ncn(C3CC4(CCNCC4)C3)c(=O)c2c1. The van der Waals surface area contributed by atoms with Gasteiger partial charge in [0.15, 0.2) is 11.6 Å². The molecule has 37 heavy (non-hydrogen) atoms. The lowest BCUT2D eigenvalue weighted by molar-refractivity contribution is 0.0270. The minimum absolute atomic E-state index is 0.0827. The molecule has 1 spiro atoms. The summed E-state index contributed by atoms with van der Waals surface area (Å²) in [6.07, 6.45) is 6.16. The van der Waals surface area contributed by atoms with E-state index >= 15 is 0 Å². The zero-order valence-electron chi connectivity index (χ0n) is 20.0. The van der Waals surface area contributed by atoms with E-state index in [0.717, 1.165) is 44.8 Å². The fourth-order valence-electron chi connectivity index (χ4n) is 6.03. The smallest absolute Gasteiger partial charge is 0.261 e. The Bertz CT molecular complexity index is 1630. The summed E-state index contributed by atoms with van der Waals surface area (Å²) in [5, 5.41) is 18.9. The number of nitriles is 1. The number of fused-ring (bicyclic) bond motifs is 1. The van der Waals surface area contributed by atoms with Crippen LogP contribution in [0.3, 0.4) is 0 Å². The Morgan fingerprint density at radius 3 is 2.54 bits per heavy atom. The fraction of sp³-hybridized carbons (Fsp3) is 0.423. The Kier molecular flexibility index (Phi) is 5.42. The van der Waals surface area contributed by atoms with Crippen molar-refractivity contribution in [3.05, 3.63) is 64.0 Å². The van der Waals surface area contributed by atoms with Crippen molar-refractivity contribution in [2.75, 3.05) is 13.1 Å². The third kappa shape index (κ3) is 3.82. The van der Waals surface area contributed by atoms with Gasteiger partial charge in [-0.15, -0.1) is 0 Å². The van der Waals surface area contributed by atoms with Crippen LogP contribution in [0.2, 0.25) is 0 Å². The molecule has 3 fully saturated rings. The molecule has 1 aromatic heterocycles. The number of primary sulfonamides is 1. The van der Waals surface area contributed by atoms with Crippen molar-refractivity contribution in [1.82, 2.24) is 14.9 Å². The number of ether oxygens (including phenoxy) is 1. The van der Waals surface area contributed by atoms with Crippen molar-refractivity contribution >= 4 is 20.9 Å². The highest BCUT2D eigenvalue weighted by Gasteiger charge is 2.56. The van der Waals surface area contributed by atoms with Crippen LogP contribution in [0.4, 0.5) is 4.39 Å².